The molecule has 1 saturated heterocycles. The zero-order chi connectivity index (χ0) is 18.9. The van der Waals surface area contributed by atoms with Crippen molar-refractivity contribution in [2.75, 3.05) is 20.3 Å². The number of hydrogen-bond donors (Lipinski definition) is 0. The van der Waals surface area contributed by atoms with Crippen LogP contribution in [0.25, 0.3) is 0 Å². The van der Waals surface area contributed by atoms with Gasteiger partial charge < -0.3 is 23.7 Å². The van der Waals surface area contributed by atoms with Crippen LogP contribution in [0, 0.1) is 0 Å². The van der Waals surface area contributed by atoms with Gasteiger partial charge in [0.2, 0.25) is 0 Å². The lowest BCUT2D eigenvalue weighted by molar-refractivity contribution is -0.239. The quantitative estimate of drug-likeness (QED) is 0.631. The first-order valence-corrected chi connectivity index (χ1v) is 8.88. The standard InChI is InChI=1S/C21H24O6/c1-23-21-20(22)27-19(15-26-21)18(25-13-17-10-6-3-7-11-17)14-24-12-16-8-4-2-5-9-16/h2-11,18-19,21H,12-15H2,1H3/t18-,19-,21+/m1/s1. The minimum Gasteiger partial charge on any atom is -0.453 e. The summed E-state index contributed by atoms with van der Waals surface area (Å²) < 4.78 is 27.6. The predicted molar refractivity (Wildman–Crippen MR) is 97.7 cm³/mol. The van der Waals surface area contributed by atoms with Gasteiger partial charge in [0.1, 0.15) is 6.10 Å². The zero-order valence-electron chi connectivity index (χ0n) is 15.3. The smallest absolute Gasteiger partial charge is 0.363 e. The molecule has 0 amide bonds. The molecule has 2 aromatic carbocycles. The first-order valence-electron chi connectivity index (χ1n) is 8.88. The number of carbonyl (C=O) groups excluding carboxylic acids is 1. The second-order valence-corrected chi connectivity index (χ2v) is 6.21. The molecule has 6 nitrogen and oxygen atoms in total. The zero-order valence-corrected chi connectivity index (χ0v) is 15.3. The Morgan fingerprint density at radius 1 is 1.00 bits per heavy atom. The van der Waals surface area contributed by atoms with Crippen LogP contribution < -0.4 is 0 Å². The molecule has 3 rings (SSSR count). The van der Waals surface area contributed by atoms with Crippen molar-refractivity contribution in [2.45, 2.75) is 31.7 Å². The van der Waals surface area contributed by atoms with Crippen LogP contribution in [0.2, 0.25) is 0 Å². The maximum atomic E-state index is 11.9. The van der Waals surface area contributed by atoms with Gasteiger partial charge in [-0.3, -0.25) is 0 Å². The summed E-state index contributed by atoms with van der Waals surface area (Å²) >= 11 is 0. The number of ether oxygens (including phenoxy) is 5. The Labute approximate surface area is 158 Å². The van der Waals surface area contributed by atoms with Gasteiger partial charge in [0.25, 0.3) is 6.29 Å². The van der Waals surface area contributed by atoms with E-state index in [4.69, 9.17) is 23.7 Å². The summed E-state index contributed by atoms with van der Waals surface area (Å²) in [6.45, 7) is 1.31. The maximum absolute atomic E-state index is 11.9. The molecule has 1 aliphatic rings. The third-order valence-electron chi connectivity index (χ3n) is 4.20. The molecule has 0 bridgehead atoms. The third kappa shape index (κ3) is 5.87. The summed E-state index contributed by atoms with van der Waals surface area (Å²) in [6, 6.07) is 19.7. The molecular weight excluding hydrogens is 348 g/mol. The number of carbonyl (C=O) groups is 1. The van der Waals surface area contributed by atoms with Crippen molar-refractivity contribution in [3.8, 4) is 0 Å². The highest BCUT2D eigenvalue weighted by Gasteiger charge is 2.36. The van der Waals surface area contributed by atoms with Crippen LogP contribution in [0.3, 0.4) is 0 Å². The summed E-state index contributed by atoms with van der Waals surface area (Å²) in [4.78, 5) is 11.9. The van der Waals surface area contributed by atoms with E-state index in [1.807, 2.05) is 60.7 Å². The van der Waals surface area contributed by atoms with Gasteiger partial charge in [-0.25, -0.2) is 4.79 Å². The number of esters is 1. The van der Waals surface area contributed by atoms with Crippen LogP contribution in [0.5, 0.6) is 0 Å². The van der Waals surface area contributed by atoms with Gasteiger partial charge in [0, 0.05) is 7.11 Å². The fourth-order valence-corrected chi connectivity index (χ4v) is 2.74. The first kappa shape index (κ1) is 19.5. The molecule has 6 heteroatoms. The van der Waals surface area contributed by atoms with Crippen LogP contribution in [0.4, 0.5) is 0 Å². The van der Waals surface area contributed by atoms with E-state index in [0.717, 1.165) is 11.1 Å². The van der Waals surface area contributed by atoms with E-state index in [-0.39, 0.29) is 13.2 Å². The van der Waals surface area contributed by atoms with Gasteiger partial charge in [-0.1, -0.05) is 60.7 Å². The number of methoxy groups -OCH3 is 1. The van der Waals surface area contributed by atoms with Crippen LogP contribution >= 0.6 is 0 Å². The number of hydrogen-bond acceptors (Lipinski definition) is 6. The van der Waals surface area contributed by atoms with E-state index in [1.54, 1.807) is 0 Å². The van der Waals surface area contributed by atoms with Crippen molar-refractivity contribution >= 4 is 5.97 Å². The van der Waals surface area contributed by atoms with Gasteiger partial charge in [0.05, 0.1) is 26.4 Å². The Kier molecular flexibility index (Phi) is 7.36. The monoisotopic (exact) mass is 372 g/mol. The molecular formula is C21H24O6. The minimum absolute atomic E-state index is 0.193. The minimum atomic E-state index is -0.985. The molecule has 0 aliphatic carbocycles. The molecule has 27 heavy (non-hydrogen) atoms. The molecule has 1 heterocycles. The van der Waals surface area contributed by atoms with E-state index in [1.165, 1.54) is 7.11 Å². The largest absolute Gasteiger partial charge is 0.453 e. The second-order valence-electron chi connectivity index (χ2n) is 6.21. The lowest BCUT2D eigenvalue weighted by Crippen LogP contribution is -2.48. The Morgan fingerprint density at radius 3 is 2.22 bits per heavy atom. The van der Waals surface area contributed by atoms with E-state index in [0.29, 0.717) is 13.2 Å². The Hall–Kier alpha value is -2.25. The Morgan fingerprint density at radius 2 is 1.63 bits per heavy atom. The number of cyclic esters (lactones) is 1. The lowest BCUT2D eigenvalue weighted by atomic mass is 10.2. The van der Waals surface area contributed by atoms with Crippen molar-refractivity contribution in [2.24, 2.45) is 0 Å². The van der Waals surface area contributed by atoms with E-state index in [2.05, 4.69) is 0 Å². The molecule has 2 aromatic rings. The third-order valence-corrected chi connectivity index (χ3v) is 4.20. The van der Waals surface area contributed by atoms with Crippen LogP contribution in [0.15, 0.2) is 60.7 Å². The summed E-state index contributed by atoms with van der Waals surface area (Å²) in [7, 11) is 1.40. The second kappa shape index (κ2) is 10.2. The fourth-order valence-electron chi connectivity index (χ4n) is 2.74. The van der Waals surface area contributed by atoms with Gasteiger partial charge in [0.15, 0.2) is 6.10 Å². The summed E-state index contributed by atoms with van der Waals surface area (Å²) in [6.07, 6.45) is -1.99. The van der Waals surface area contributed by atoms with Crippen LogP contribution in [-0.4, -0.2) is 44.8 Å². The van der Waals surface area contributed by atoms with Gasteiger partial charge in [-0.05, 0) is 11.1 Å². The van der Waals surface area contributed by atoms with Crippen molar-refractivity contribution in [3.63, 3.8) is 0 Å². The van der Waals surface area contributed by atoms with Crippen LogP contribution in [0.1, 0.15) is 11.1 Å². The Bertz CT molecular complexity index is 690. The average Bonchev–Trinajstić information content (AvgIpc) is 2.72. The van der Waals surface area contributed by atoms with Crippen LogP contribution in [-0.2, 0) is 41.7 Å². The SMILES string of the molecule is CO[C@H]1OC[C@H]([C@@H](COCc2ccccc2)OCc2ccccc2)OC1=O. The lowest BCUT2D eigenvalue weighted by Gasteiger charge is -2.32. The normalized spacial score (nSPS) is 20.9. The Balaban J connectivity index is 1.58. The summed E-state index contributed by atoms with van der Waals surface area (Å²) in [5.41, 5.74) is 2.10. The molecule has 0 aromatic heterocycles. The molecule has 0 unspecified atom stereocenters. The van der Waals surface area contributed by atoms with Gasteiger partial charge in [-0.15, -0.1) is 0 Å². The van der Waals surface area contributed by atoms with Gasteiger partial charge >= 0.3 is 5.97 Å². The number of rotatable bonds is 9. The molecule has 1 aliphatic heterocycles. The van der Waals surface area contributed by atoms with Crippen molar-refractivity contribution < 1.29 is 28.5 Å². The summed E-state index contributed by atoms with van der Waals surface area (Å²) in [5, 5.41) is 0. The van der Waals surface area contributed by atoms with Crippen molar-refractivity contribution in [3.05, 3.63) is 71.8 Å². The molecule has 0 saturated carbocycles. The van der Waals surface area contributed by atoms with E-state index >= 15 is 0 Å². The highest BCUT2D eigenvalue weighted by molar-refractivity contribution is 5.74. The average molecular weight is 372 g/mol. The van der Waals surface area contributed by atoms with E-state index < -0.39 is 24.5 Å². The molecule has 3 atom stereocenters. The fraction of sp³-hybridized carbons (Fsp3) is 0.381. The highest BCUT2D eigenvalue weighted by Crippen LogP contribution is 2.17. The molecule has 0 spiro atoms. The number of benzene rings is 2. The predicted octanol–water partition coefficient (Wildman–Crippen LogP) is 2.70. The molecule has 0 N–H and O–H groups in total. The highest BCUT2D eigenvalue weighted by atomic mass is 16.7. The first-order chi connectivity index (χ1) is 13.3. The molecule has 1 fully saturated rings. The van der Waals surface area contributed by atoms with Crippen molar-refractivity contribution in [1.82, 2.24) is 0 Å². The molecule has 0 radical (unpaired) electrons. The van der Waals surface area contributed by atoms with E-state index in [9.17, 15) is 4.79 Å². The van der Waals surface area contributed by atoms with Crippen molar-refractivity contribution in [1.29, 1.82) is 0 Å². The molecule has 144 valence electrons. The van der Waals surface area contributed by atoms with Gasteiger partial charge in [-0.2, -0.15) is 0 Å². The maximum Gasteiger partial charge on any atom is 0.363 e. The summed E-state index contributed by atoms with van der Waals surface area (Å²) in [5.74, 6) is -0.551. The topological polar surface area (TPSA) is 63.2 Å².